The number of amides is 1. The number of ether oxygens (including phenoxy) is 1. The van der Waals surface area contributed by atoms with Gasteiger partial charge in [-0.2, -0.15) is 0 Å². The Labute approximate surface area is 125 Å². The van der Waals surface area contributed by atoms with Crippen molar-refractivity contribution in [2.24, 2.45) is 11.8 Å². The Balaban J connectivity index is 1.64. The number of benzene rings is 1. The van der Waals surface area contributed by atoms with Gasteiger partial charge in [-0.1, -0.05) is 24.3 Å². The monoisotopic (exact) mass is 287 g/mol. The van der Waals surface area contributed by atoms with Crippen molar-refractivity contribution in [2.45, 2.75) is 25.7 Å². The maximum absolute atomic E-state index is 12.6. The summed E-state index contributed by atoms with van der Waals surface area (Å²) in [6.07, 6.45) is 3.44. The smallest absolute Gasteiger partial charge is 0.310 e. The van der Waals surface area contributed by atoms with Crippen molar-refractivity contribution in [1.29, 1.82) is 0 Å². The molecule has 0 radical (unpaired) electrons. The van der Waals surface area contributed by atoms with E-state index in [1.54, 1.807) is 0 Å². The van der Waals surface area contributed by atoms with Crippen molar-refractivity contribution >= 4 is 11.9 Å². The number of carbonyl (C=O) groups excluding carboxylic acids is 2. The number of esters is 1. The number of likely N-dealkylation sites (tertiary alicyclic amines) is 1. The highest BCUT2D eigenvalue weighted by molar-refractivity contribution is 5.81. The molecule has 1 saturated heterocycles. The van der Waals surface area contributed by atoms with Crippen LogP contribution in [0.15, 0.2) is 24.3 Å². The normalized spacial score (nSPS) is 24.5. The second-order valence-corrected chi connectivity index (χ2v) is 6.00. The van der Waals surface area contributed by atoms with Crippen LogP contribution in [0.25, 0.3) is 0 Å². The third-order valence-electron chi connectivity index (χ3n) is 4.73. The van der Waals surface area contributed by atoms with Gasteiger partial charge in [0.05, 0.1) is 13.0 Å². The van der Waals surface area contributed by atoms with E-state index in [0.29, 0.717) is 13.1 Å². The maximum Gasteiger partial charge on any atom is 0.310 e. The van der Waals surface area contributed by atoms with Crippen molar-refractivity contribution in [2.75, 3.05) is 20.2 Å². The minimum Gasteiger partial charge on any atom is -0.469 e. The predicted octanol–water partition coefficient (Wildman–Crippen LogP) is 1.81. The van der Waals surface area contributed by atoms with Crippen LogP contribution < -0.4 is 0 Å². The molecule has 1 aromatic carbocycles. The first-order valence-electron chi connectivity index (χ1n) is 7.62. The van der Waals surface area contributed by atoms with Crippen molar-refractivity contribution in [3.8, 4) is 0 Å². The molecule has 3 rings (SSSR count). The fraction of sp³-hybridized carbons (Fsp3) is 0.529. The van der Waals surface area contributed by atoms with Crippen LogP contribution in [0.3, 0.4) is 0 Å². The molecule has 2 unspecified atom stereocenters. The number of fused-ring (bicyclic) bond motifs is 1. The lowest BCUT2D eigenvalue weighted by Gasteiger charge is -2.27. The number of rotatable bonds is 2. The van der Waals surface area contributed by atoms with Gasteiger partial charge in [-0.25, -0.2) is 0 Å². The van der Waals surface area contributed by atoms with E-state index in [2.05, 4.69) is 18.2 Å². The zero-order valence-electron chi connectivity index (χ0n) is 12.4. The summed E-state index contributed by atoms with van der Waals surface area (Å²) in [5.41, 5.74) is 2.67. The number of hydrogen-bond donors (Lipinski definition) is 0. The lowest BCUT2D eigenvalue weighted by molar-refractivity contribution is -0.145. The van der Waals surface area contributed by atoms with Gasteiger partial charge in [0.1, 0.15) is 0 Å². The van der Waals surface area contributed by atoms with E-state index < -0.39 is 0 Å². The van der Waals surface area contributed by atoms with E-state index in [0.717, 1.165) is 25.7 Å². The van der Waals surface area contributed by atoms with Crippen LogP contribution in [0.1, 0.15) is 24.0 Å². The lowest BCUT2D eigenvalue weighted by Crippen LogP contribution is -2.37. The number of methoxy groups -OCH3 is 1. The summed E-state index contributed by atoms with van der Waals surface area (Å²) < 4.78 is 4.78. The maximum atomic E-state index is 12.6. The van der Waals surface area contributed by atoms with Crippen LogP contribution in [-0.2, 0) is 27.2 Å². The minimum absolute atomic E-state index is 0.0660. The number of aryl methyl sites for hydroxylation is 1. The molecule has 0 aromatic heterocycles. The van der Waals surface area contributed by atoms with Gasteiger partial charge in [0.2, 0.25) is 5.91 Å². The summed E-state index contributed by atoms with van der Waals surface area (Å²) in [5, 5.41) is 0. The molecule has 4 heteroatoms. The van der Waals surface area contributed by atoms with Gasteiger partial charge in [-0.15, -0.1) is 0 Å². The molecule has 0 N–H and O–H groups in total. The largest absolute Gasteiger partial charge is 0.469 e. The quantitative estimate of drug-likeness (QED) is 0.779. The fourth-order valence-corrected chi connectivity index (χ4v) is 3.49. The van der Waals surface area contributed by atoms with E-state index >= 15 is 0 Å². The Morgan fingerprint density at radius 1 is 1.14 bits per heavy atom. The van der Waals surface area contributed by atoms with Gasteiger partial charge in [-0.05, 0) is 36.8 Å². The molecule has 1 aliphatic carbocycles. The second-order valence-electron chi connectivity index (χ2n) is 6.00. The Bertz CT molecular complexity index is 555. The molecule has 4 nitrogen and oxygen atoms in total. The summed E-state index contributed by atoms with van der Waals surface area (Å²) in [7, 11) is 1.41. The molecule has 0 spiro atoms. The van der Waals surface area contributed by atoms with Crippen LogP contribution in [0.4, 0.5) is 0 Å². The summed E-state index contributed by atoms with van der Waals surface area (Å²) in [5.74, 6) is -0.0682. The van der Waals surface area contributed by atoms with E-state index in [9.17, 15) is 9.59 Å². The van der Waals surface area contributed by atoms with Gasteiger partial charge in [0.15, 0.2) is 0 Å². The molecule has 21 heavy (non-hydrogen) atoms. The minimum atomic E-state index is -0.195. The fourth-order valence-electron chi connectivity index (χ4n) is 3.49. The topological polar surface area (TPSA) is 46.6 Å². The third-order valence-corrected chi connectivity index (χ3v) is 4.73. The molecule has 0 bridgehead atoms. The zero-order valence-corrected chi connectivity index (χ0v) is 12.4. The van der Waals surface area contributed by atoms with Crippen molar-refractivity contribution < 1.29 is 14.3 Å². The summed E-state index contributed by atoms with van der Waals surface area (Å²) in [6, 6.07) is 8.37. The van der Waals surface area contributed by atoms with Crippen molar-refractivity contribution in [3.05, 3.63) is 35.4 Å². The molecule has 1 heterocycles. The second kappa shape index (κ2) is 5.88. The molecule has 1 fully saturated rings. The van der Waals surface area contributed by atoms with E-state index in [-0.39, 0.29) is 23.7 Å². The molecule has 1 aliphatic heterocycles. The number of hydrogen-bond acceptors (Lipinski definition) is 3. The van der Waals surface area contributed by atoms with E-state index in [1.165, 1.54) is 18.2 Å². The van der Waals surface area contributed by atoms with Gasteiger partial charge >= 0.3 is 5.97 Å². The molecule has 2 atom stereocenters. The summed E-state index contributed by atoms with van der Waals surface area (Å²) in [6.45, 7) is 1.19. The van der Waals surface area contributed by atoms with Crippen LogP contribution in [0.5, 0.6) is 0 Å². The van der Waals surface area contributed by atoms with Crippen LogP contribution in [-0.4, -0.2) is 37.0 Å². The highest BCUT2D eigenvalue weighted by atomic mass is 16.5. The molecule has 1 aromatic rings. The first kappa shape index (κ1) is 14.1. The van der Waals surface area contributed by atoms with Crippen LogP contribution >= 0.6 is 0 Å². The van der Waals surface area contributed by atoms with Gasteiger partial charge < -0.3 is 9.64 Å². The molecule has 2 aliphatic rings. The standard InChI is InChI=1S/C17H21NO3/c1-21-17(20)15-8-9-18(11-15)16(19)14-7-6-12-4-2-3-5-13(12)10-14/h2-5,14-15H,6-11H2,1H3. The average Bonchev–Trinajstić information content (AvgIpc) is 3.03. The molecule has 0 saturated carbocycles. The van der Waals surface area contributed by atoms with Crippen molar-refractivity contribution in [3.63, 3.8) is 0 Å². The van der Waals surface area contributed by atoms with Gasteiger partial charge in [0.25, 0.3) is 0 Å². The van der Waals surface area contributed by atoms with Crippen molar-refractivity contribution in [1.82, 2.24) is 4.90 Å². The first-order valence-corrected chi connectivity index (χ1v) is 7.62. The Morgan fingerprint density at radius 3 is 2.67 bits per heavy atom. The van der Waals surface area contributed by atoms with E-state index in [4.69, 9.17) is 4.74 Å². The summed E-state index contributed by atoms with van der Waals surface area (Å²) >= 11 is 0. The van der Waals surface area contributed by atoms with Gasteiger partial charge in [-0.3, -0.25) is 9.59 Å². The first-order chi connectivity index (χ1) is 10.2. The molecule has 112 valence electrons. The Kier molecular flexibility index (Phi) is 3.95. The number of carbonyl (C=O) groups is 2. The molecular weight excluding hydrogens is 266 g/mol. The Hall–Kier alpha value is -1.84. The zero-order chi connectivity index (χ0) is 14.8. The van der Waals surface area contributed by atoms with Crippen LogP contribution in [0, 0.1) is 11.8 Å². The molecular formula is C17H21NO3. The Morgan fingerprint density at radius 2 is 1.90 bits per heavy atom. The highest BCUT2D eigenvalue weighted by Crippen LogP contribution is 2.28. The average molecular weight is 287 g/mol. The van der Waals surface area contributed by atoms with Crippen LogP contribution in [0.2, 0.25) is 0 Å². The molecule has 1 amide bonds. The lowest BCUT2D eigenvalue weighted by atomic mass is 9.83. The predicted molar refractivity (Wildman–Crippen MR) is 78.7 cm³/mol. The number of nitrogens with zero attached hydrogens (tertiary/aromatic N) is 1. The SMILES string of the molecule is COC(=O)C1CCN(C(=O)C2CCc3ccccc3C2)C1. The van der Waals surface area contributed by atoms with E-state index in [1.807, 2.05) is 11.0 Å². The highest BCUT2D eigenvalue weighted by Gasteiger charge is 2.35. The van der Waals surface area contributed by atoms with Gasteiger partial charge in [0, 0.05) is 19.0 Å². The third kappa shape index (κ3) is 2.80. The summed E-state index contributed by atoms with van der Waals surface area (Å²) in [4.78, 5) is 26.0.